The number of hydrogen-bond donors (Lipinski definition) is 1. The quantitative estimate of drug-likeness (QED) is 0.928. The van der Waals surface area contributed by atoms with E-state index in [4.69, 9.17) is 4.74 Å². The summed E-state index contributed by atoms with van der Waals surface area (Å²) in [5.74, 6) is -2.60. The van der Waals surface area contributed by atoms with Crippen molar-refractivity contribution in [2.75, 3.05) is 13.7 Å². The lowest BCUT2D eigenvalue weighted by atomic mass is 10.1. The Morgan fingerprint density at radius 1 is 1.47 bits per heavy atom. The van der Waals surface area contributed by atoms with Gasteiger partial charge in [-0.25, -0.2) is 8.78 Å². The van der Waals surface area contributed by atoms with Crippen LogP contribution in [0.3, 0.4) is 0 Å². The molecule has 0 bridgehead atoms. The molecule has 0 aliphatic carbocycles. The van der Waals surface area contributed by atoms with Crippen molar-refractivity contribution in [2.24, 2.45) is 0 Å². The van der Waals surface area contributed by atoms with E-state index >= 15 is 0 Å². The molecule has 94 valence electrons. The van der Waals surface area contributed by atoms with Crippen LogP contribution in [0, 0.1) is 11.6 Å². The highest BCUT2D eigenvalue weighted by Crippen LogP contribution is 2.19. The summed E-state index contributed by atoms with van der Waals surface area (Å²) in [7, 11) is 1.48. The smallest absolute Gasteiger partial charge is 0.257 e. The summed E-state index contributed by atoms with van der Waals surface area (Å²) in [5, 5.41) is 2.44. The highest BCUT2D eigenvalue weighted by molar-refractivity contribution is 9.10. The molecule has 1 aromatic rings. The molecule has 1 N–H and O–H groups in total. The zero-order chi connectivity index (χ0) is 13.0. The first-order chi connectivity index (χ1) is 7.95. The fourth-order valence-electron chi connectivity index (χ4n) is 1.35. The van der Waals surface area contributed by atoms with Crippen LogP contribution in [0.1, 0.15) is 17.3 Å². The number of hydrogen-bond acceptors (Lipinski definition) is 2. The Balaban J connectivity index is 2.89. The number of amides is 1. The number of rotatable bonds is 4. The molecule has 0 aliphatic rings. The monoisotopic (exact) mass is 307 g/mol. The molecule has 1 amide bonds. The topological polar surface area (TPSA) is 38.3 Å². The molecule has 1 atom stereocenters. The van der Waals surface area contributed by atoms with Crippen molar-refractivity contribution in [3.05, 3.63) is 33.8 Å². The van der Waals surface area contributed by atoms with Crippen molar-refractivity contribution in [1.29, 1.82) is 0 Å². The Bertz CT molecular complexity index is 403. The first kappa shape index (κ1) is 14.1. The Hall–Kier alpha value is -1.01. The summed E-state index contributed by atoms with van der Waals surface area (Å²) < 4.78 is 31.9. The molecule has 1 rings (SSSR count). The third kappa shape index (κ3) is 3.74. The predicted molar refractivity (Wildman–Crippen MR) is 62.9 cm³/mol. The zero-order valence-electron chi connectivity index (χ0n) is 9.39. The second kappa shape index (κ2) is 6.07. The Morgan fingerprint density at radius 3 is 2.47 bits per heavy atom. The fourth-order valence-corrected chi connectivity index (χ4v) is 1.75. The molecule has 1 aromatic carbocycles. The van der Waals surface area contributed by atoms with Gasteiger partial charge in [0.15, 0.2) is 0 Å². The molecule has 0 radical (unpaired) electrons. The Morgan fingerprint density at radius 2 is 2.00 bits per heavy atom. The summed E-state index contributed by atoms with van der Waals surface area (Å²) in [5.41, 5.74) is -0.587. The SMILES string of the molecule is COCC(C)NC(=O)c1c(F)cc(Br)cc1F. The molecule has 0 aromatic heterocycles. The highest BCUT2D eigenvalue weighted by Gasteiger charge is 2.19. The first-order valence-corrected chi connectivity index (χ1v) is 5.69. The number of carbonyl (C=O) groups excluding carboxylic acids is 1. The second-order valence-electron chi connectivity index (χ2n) is 3.57. The van der Waals surface area contributed by atoms with Gasteiger partial charge in [-0.2, -0.15) is 0 Å². The van der Waals surface area contributed by atoms with Crippen LogP contribution in [0.15, 0.2) is 16.6 Å². The lowest BCUT2D eigenvalue weighted by Gasteiger charge is -2.13. The molecule has 3 nitrogen and oxygen atoms in total. The summed E-state index contributed by atoms with van der Waals surface area (Å²) in [6.07, 6.45) is 0. The van der Waals surface area contributed by atoms with E-state index < -0.39 is 23.1 Å². The van der Waals surface area contributed by atoms with Gasteiger partial charge in [-0.15, -0.1) is 0 Å². The van der Waals surface area contributed by atoms with E-state index in [1.54, 1.807) is 6.92 Å². The summed E-state index contributed by atoms with van der Waals surface area (Å²) in [6.45, 7) is 1.95. The maximum absolute atomic E-state index is 13.4. The summed E-state index contributed by atoms with van der Waals surface area (Å²) in [6, 6.07) is 1.76. The van der Waals surface area contributed by atoms with Crippen molar-refractivity contribution in [3.8, 4) is 0 Å². The Kier molecular flexibility index (Phi) is 5.02. The van der Waals surface area contributed by atoms with E-state index in [1.165, 1.54) is 7.11 Å². The van der Waals surface area contributed by atoms with Gasteiger partial charge in [-0.3, -0.25) is 4.79 Å². The van der Waals surface area contributed by atoms with E-state index in [9.17, 15) is 13.6 Å². The van der Waals surface area contributed by atoms with Crippen molar-refractivity contribution in [2.45, 2.75) is 13.0 Å². The number of carbonyl (C=O) groups is 1. The van der Waals surface area contributed by atoms with Crippen molar-refractivity contribution in [1.82, 2.24) is 5.32 Å². The van der Waals surface area contributed by atoms with E-state index in [-0.39, 0.29) is 17.1 Å². The lowest BCUT2D eigenvalue weighted by Crippen LogP contribution is -2.36. The molecule has 0 aliphatic heterocycles. The van der Waals surface area contributed by atoms with Gasteiger partial charge in [0.05, 0.1) is 6.61 Å². The van der Waals surface area contributed by atoms with Gasteiger partial charge >= 0.3 is 0 Å². The normalized spacial score (nSPS) is 12.3. The van der Waals surface area contributed by atoms with Crippen molar-refractivity contribution < 1.29 is 18.3 Å². The van der Waals surface area contributed by atoms with Gasteiger partial charge in [0.25, 0.3) is 5.91 Å². The molecule has 17 heavy (non-hydrogen) atoms. The molecule has 0 spiro atoms. The van der Waals surface area contributed by atoms with Gasteiger partial charge in [-0.05, 0) is 19.1 Å². The van der Waals surface area contributed by atoms with E-state index in [0.29, 0.717) is 0 Å². The fraction of sp³-hybridized carbons (Fsp3) is 0.364. The number of ether oxygens (including phenoxy) is 1. The number of nitrogens with one attached hydrogen (secondary N) is 1. The minimum atomic E-state index is -0.904. The van der Waals surface area contributed by atoms with Crippen LogP contribution in [-0.2, 0) is 4.74 Å². The van der Waals surface area contributed by atoms with Gasteiger partial charge in [0, 0.05) is 17.6 Å². The number of methoxy groups -OCH3 is 1. The van der Waals surface area contributed by atoms with Crippen LogP contribution in [0.4, 0.5) is 8.78 Å². The minimum absolute atomic E-state index is 0.244. The van der Waals surface area contributed by atoms with Crippen LogP contribution in [0.5, 0.6) is 0 Å². The molecule has 0 saturated carbocycles. The van der Waals surface area contributed by atoms with Crippen LogP contribution >= 0.6 is 15.9 Å². The van der Waals surface area contributed by atoms with Crippen molar-refractivity contribution >= 4 is 21.8 Å². The standard InChI is InChI=1S/C11H12BrF2NO2/c1-6(5-17-2)15-11(16)10-8(13)3-7(12)4-9(10)14/h3-4,6H,5H2,1-2H3,(H,15,16). The molecular formula is C11H12BrF2NO2. The second-order valence-corrected chi connectivity index (χ2v) is 4.49. The average Bonchev–Trinajstić information content (AvgIpc) is 2.15. The zero-order valence-corrected chi connectivity index (χ0v) is 11.0. The minimum Gasteiger partial charge on any atom is -0.383 e. The molecule has 0 saturated heterocycles. The third-order valence-electron chi connectivity index (χ3n) is 2.03. The molecular weight excluding hydrogens is 296 g/mol. The molecule has 1 unspecified atom stereocenters. The Labute approximate surface area is 106 Å². The largest absolute Gasteiger partial charge is 0.383 e. The highest BCUT2D eigenvalue weighted by atomic mass is 79.9. The molecule has 6 heteroatoms. The van der Waals surface area contributed by atoms with Crippen LogP contribution in [-0.4, -0.2) is 25.7 Å². The maximum Gasteiger partial charge on any atom is 0.257 e. The van der Waals surface area contributed by atoms with E-state index in [1.807, 2.05) is 0 Å². The lowest BCUT2D eigenvalue weighted by molar-refractivity contribution is 0.0897. The average molecular weight is 308 g/mol. The first-order valence-electron chi connectivity index (χ1n) is 4.90. The van der Waals surface area contributed by atoms with Gasteiger partial charge < -0.3 is 10.1 Å². The van der Waals surface area contributed by atoms with Gasteiger partial charge in [0.2, 0.25) is 0 Å². The van der Waals surface area contributed by atoms with Crippen LogP contribution in [0.25, 0.3) is 0 Å². The van der Waals surface area contributed by atoms with E-state index in [2.05, 4.69) is 21.2 Å². The predicted octanol–water partition coefficient (Wildman–Crippen LogP) is 2.49. The van der Waals surface area contributed by atoms with Gasteiger partial charge in [-0.1, -0.05) is 15.9 Å². The van der Waals surface area contributed by atoms with E-state index in [0.717, 1.165) is 12.1 Å². The van der Waals surface area contributed by atoms with Crippen molar-refractivity contribution in [3.63, 3.8) is 0 Å². The van der Waals surface area contributed by atoms with Gasteiger partial charge in [0.1, 0.15) is 17.2 Å². The molecule has 0 fully saturated rings. The number of halogens is 3. The molecule has 0 heterocycles. The maximum atomic E-state index is 13.4. The summed E-state index contributed by atoms with van der Waals surface area (Å²) >= 11 is 2.94. The summed E-state index contributed by atoms with van der Waals surface area (Å²) in [4.78, 5) is 11.6. The number of benzene rings is 1. The van der Waals surface area contributed by atoms with Crippen LogP contribution < -0.4 is 5.32 Å². The third-order valence-corrected chi connectivity index (χ3v) is 2.49. The van der Waals surface area contributed by atoms with Crippen LogP contribution in [0.2, 0.25) is 0 Å².